The van der Waals surface area contributed by atoms with E-state index in [1.165, 1.54) is 46.3 Å². The molecule has 1 N–H and O–H groups in total. The molecule has 0 radical (unpaired) electrons. The smallest absolute Gasteiger partial charge is 0.0776 e. The Morgan fingerprint density at radius 1 is 1.30 bits per heavy atom. The van der Waals surface area contributed by atoms with E-state index in [2.05, 4.69) is 45.7 Å². The van der Waals surface area contributed by atoms with Crippen LogP contribution in [0.4, 0.5) is 0 Å². The van der Waals surface area contributed by atoms with Gasteiger partial charge in [-0.3, -0.25) is 0 Å². The average Bonchev–Trinajstić information content (AvgIpc) is 2.97. The number of hydrogen-bond donors (Lipinski definition) is 1. The average molecular weight is 370 g/mol. The van der Waals surface area contributed by atoms with Crippen molar-refractivity contribution < 1.29 is 0 Å². The Hall–Kier alpha value is -0.160. The summed E-state index contributed by atoms with van der Waals surface area (Å²) in [5.74, 6) is 0. The summed E-state index contributed by atoms with van der Waals surface area (Å²) in [7, 11) is 0. The van der Waals surface area contributed by atoms with E-state index in [0.29, 0.717) is 6.04 Å². The van der Waals surface area contributed by atoms with Crippen LogP contribution in [0.3, 0.4) is 0 Å². The monoisotopic (exact) mass is 369 g/mol. The summed E-state index contributed by atoms with van der Waals surface area (Å²) in [6, 6.07) is 4.97. The maximum absolute atomic E-state index is 3.69. The molecule has 0 amide bonds. The van der Waals surface area contributed by atoms with Gasteiger partial charge in [-0.05, 0) is 71.2 Å². The molecule has 0 saturated heterocycles. The van der Waals surface area contributed by atoms with Gasteiger partial charge in [0.2, 0.25) is 0 Å². The lowest BCUT2D eigenvalue weighted by molar-refractivity contribution is 0.646. The minimum absolute atomic E-state index is 0.353. The van der Waals surface area contributed by atoms with Gasteiger partial charge in [-0.25, -0.2) is 0 Å². The van der Waals surface area contributed by atoms with Crippen LogP contribution >= 0.6 is 38.6 Å². The molecule has 4 heteroatoms. The van der Waals surface area contributed by atoms with Crippen molar-refractivity contribution in [3.8, 4) is 0 Å². The number of rotatable bonds is 4. The molecule has 0 aromatic carbocycles. The fourth-order valence-corrected chi connectivity index (χ4v) is 5.98. The van der Waals surface area contributed by atoms with Crippen molar-refractivity contribution in [2.45, 2.75) is 45.1 Å². The van der Waals surface area contributed by atoms with Gasteiger partial charge in [-0.15, -0.1) is 22.7 Å². The second-order valence-corrected chi connectivity index (χ2v) is 8.25. The van der Waals surface area contributed by atoms with Crippen molar-refractivity contribution in [2.75, 3.05) is 6.54 Å². The molecule has 1 aliphatic carbocycles. The van der Waals surface area contributed by atoms with Crippen molar-refractivity contribution in [3.05, 3.63) is 42.2 Å². The second-order valence-electron chi connectivity index (χ2n) is 5.28. The molecule has 108 valence electrons. The largest absolute Gasteiger partial charge is 0.305 e. The zero-order valence-corrected chi connectivity index (χ0v) is 15.0. The fraction of sp³-hybridized carbons (Fsp3) is 0.500. The second kappa shape index (κ2) is 6.73. The summed E-state index contributed by atoms with van der Waals surface area (Å²) in [5.41, 5.74) is 1.61. The van der Waals surface area contributed by atoms with Crippen LogP contribution in [0.25, 0.3) is 0 Å². The van der Waals surface area contributed by atoms with Gasteiger partial charge in [0.05, 0.1) is 6.04 Å². The van der Waals surface area contributed by atoms with Gasteiger partial charge in [0, 0.05) is 19.1 Å². The molecule has 0 spiro atoms. The Morgan fingerprint density at radius 3 is 2.90 bits per heavy atom. The molecule has 1 aliphatic rings. The number of thiophene rings is 2. The first-order valence-corrected chi connectivity index (χ1v) is 9.86. The van der Waals surface area contributed by atoms with E-state index in [0.717, 1.165) is 6.54 Å². The van der Waals surface area contributed by atoms with Crippen LogP contribution in [-0.4, -0.2) is 6.54 Å². The zero-order chi connectivity index (χ0) is 13.9. The van der Waals surface area contributed by atoms with Crippen molar-refractivity contribution >= 4 is 38.6 Å². The van der Waals surface area contributed by atoms with Crippen LogP contribution in [0.5, 0.6) is 0 Å². The first-order chi connectivity index (χ1) is 9.79. The maximum atomic E-state index is 3.69. The highest BCUT2D eigenvalue weighted by Gasteiger charge is 2.22. The molecule has 2 aromatic rings. The molecule has 0 fully saturated rings. The third kappa shape index (κ3) is 3.03. The van der Waals surface area contributed by atoms with Gasteiger partial charge in [-0.2, -0.15) is 0 Å². The van der Waals surface area contributed by atoms with Crippen LogP contribution < -0.4 is 5.32 Å². The van der Waals surface area contributed by atoms with Gasteiger partial charge >= 0.3 is 0 Å². The first kappa shape index (κ1) is 14.8. The Bertz CT molecular complexity index is 549. The van der Waals surface area contributed by atoms with Crippen molar-refractivity contribution in [1.82, 2.24) is 5.32 Å². The van der Waals surface area contributed by atoms with Gasteiger partial charge in [0.1, 0.15) is 0 Å². The Kier molecular flexibility index (Phi) is 4.97. The molecule has 1 atom stereocenters. The third-order valence-corrected chi connectivity index (χ3v) is 7.10. The van der Waals surface area contributed by atoms with E-state index < -0.39 is 0 Å². The minimum Gasteiger partial charge on any atom is -0.305 e. The Morgan fingerprint density at radius 2 is 2.15 bits per heavy atom. The third-order valence-electron chi connectivity index (χ3n) is 3.87. The summed E-state index contributed by atoms with van der Waals surface area (Å²) >= 11 is 7.56. The Balaban J connectivity index is 1.94. The molecule has 2 aromatic heterocycles. The van der Waals surface area contributed by atoms with Gasteiger partial charge in [-0.1, -0.05) is 13.3 Å². The van der Waals surface area contributed by atoms with Crippen molar-refractivity contribution in [1.29, 1.82) is 0 Å². The molecule has 0 saturated carbocycles. The molecular formula is C16H20BrNS2. The molecular weight excluding hydrogens is 350 g/mol. The van der Waals surface area contributed by atoms with Crippen molar-refractivity contribution in [2.24, 2.45) is 0 Å². The summed E-state index contributed by atoms with van der Waals surface area (Å²) in [6.45, 7) is 3.19. The lowest BCUT2D eigenvalue weighted by Gasteiger charge is -2.15. The predicted octanol–water partition coefficient (Wildman–Crippen LogP) is 5.54. The van der Waals surface area contributed by atoms with E-state index in [4.69, 9.17) is 0 Å². The minimum atomic E-state index is 0.353. The number of halogens is 1. The summed E-state index contributed by atoms with van der Waals surface area (Å²) in [5, 5.41) is 5.83. The van der Waals surface area contributed by atoms with Gasteiger partial charge in [0.15, 0.2) is 0 Å². The lowest BCUT2D eigenvalue weighted by atomic mass is 10.1. The molecule has 0 bridgehead atoms. The van der Waals surface area contributed by atoms with Crippen LogP contribution in [0.1, 0.15) is 52.4 Å². The number of aryl methyl sites for hydroxylation is 2. The molecule has 20 heavy (non-hydrogen) atoms. The van der Waals surface area contributed by atoms with Crippen LogP contribution in [0, 0.1) is 0 Å². The highest BCUT2D eigenvalue weighted by molar-refractivity contribution is 9.10. The predicted molar refractivity (Wildman–Crippen MR) is 93.1 cm³/mol. The molecule has 1 nitrogen and oxygen atoms in total. The highest BCUT2D eigenvalue weighted by atomic mass is 79.9. The van der Waals surface area contributed by atoms with Crippen molar-refractivity contribution in [3.63, 3.8) is 0 Å². The fourth-order valence-electron chi connectivity index (χ4n) is 2.87. The van der Waals surface area contributed by atoms with Gasteiger partial charge in [0.25, 0.3) is 0 Å². The quantitative estimate of drug-likeness (QED) is 0.697. The first-order valence-electron chi connectivity index (χ1n) is 7.37. The van der Waals surface area contributed by atoms with Crippen LogP contribution in [0.2, 0.25) is 0 Å². The maximum Gasteiger partial charge on any atom is 0.0776 e. The number of nitrogens with one attached hydrogen (secondary N) is 1. The lowest BCUT2D eigenvalue weighted by Crippen LogP contribution is -2.20. The van der Waals surface area contributed by atoms with E-state index in [9.17, 15) is 0 Å². The number of hydrogen-bond acceptors (Lipinski definition) is 3. The van der Waals surface area contributed by atoms with E-state index in [-0.39, 0.29) is 0 Å². The topological polar surface area (TPSA) is 12.0 Å². The summed E-state index contributed by atoms with van der Waals surface area (Å²) in [4.78, 5) is 4.53. The van der Waals surface area contributed by atoms with E-state index in [1.807, 2.05) is 22.7 Å². The highest BCUT2D eigenvalue weighted by Crippen LogP contribution is 2.39. The van der Waals surface area contributed by atoms with E-state index in [1.54, 1.807) is 10.4 Å². The molecule has 3 rings (SSSR count). The molecule has 2 heterocycles. The molecule has 1 unspecified atom stereocenters. The Labute approximate surface area is 137 Å². The van der Waals surface area contributed by atoms with Gasteiger partial charge < -0.3 is 5.32 Å². The summed E-state index contributed by atoms with van der Waals surface area (Å²) < 4.78 is 1.23. The zero-order valence-electron chi connectivity index (χ0n) is 11.7. The normalized spacial score (nSPS) is 16.7. The van der Waals surface area contributed by atoms with E-state index >= 15 is 0 Å². The standard InChI is InChI=1S/C16H20BrNS2/c1-2-18-15(16-12(17)8-9-19-16)14-10-11-6-4-3-5-7-13(11)20-14/h8-10,15,18H,2-7H2,1H3. The SMILES string of the molecule is CCNC(c1cc2c(s1)CCCCC2)c1sccc1Br. The summed E-state index contributed by atoms with van der Waals surface area (Å²) in [6.07, 6.45) is 6.67. The van der Waals surface area contributed by atoms with Crippen LogP contribution in [0.15, 0.2) is 22.0 Å². The van der Waals surface area contributed by atoms with Crippen LogP contribution in [-0.2, 0) is 12.8 Å². The number of fused-ring (bicyclic) bond motifs is 1. The molecule has 0 aliphatic heterocycles.